The van der Waals surface area contributed by atoms with Gasteiger partial charge in [0.25, 0.3) is 5.91 Å². The van der Waals surface area contributed by atoms with Crippen molar-refractivity contribution in [1.82, 2.24) is 14.5 Å². The maximum atomic E-state index is 12.3. The molecule has 0 bridgehead atoms. The van der Waals surface area contributed by atoms with Gasteiger partial charge in [-0.3, -0.25) is 10.1 Å². The van der Waals surface area contributed by atoms with Gasteiger partial charge in [0.05, 0.1) is 20.6 Å². The third-order valence-electron chi connectivity index (χ3n) is 3.32. The maximum absolute atomic E-state index is 12.3. The highest BCUT2D eigenvalue weighted by molar-refractivity contribution is 7.19. The van der Waals surface area contributed by atoms with Crippen LogP contribution in [0.3, 0.4) is 0 Å². The molecule has 0 spiro atoms. The fraction of sp³-hybridized carbons (Fsp3) is 0.133. The highest BCUT2D eigenvalue weighted by atomic mass is 35.5. The van der Waals surface area contributed by atoms with Gasteiger partial charge < -0.3 is 9.67 Å². The molecule has 0 unspecified atom stereocenters. The second kappa shape index (κ2) is 6.43. The Bertz CT molecular complexity index is 912. The Balaban J connectivity index is 1.87. The number of carbonyl (C=O) groups excluding carboxylic acids is 1. The SMILES string of the molecule is Cc1nc(NC(=O)c2cc(Cl)c(O)c(Cl)c2)sc1-c1nccn1C. The highest BCUT2D eigenvalue weighted by Gasteiger charge is 2.17. The molecule has 3 aromatic rings. The van der Waals surface area contributed by atoms with E-state index in [9.17, 15) is 9.90 Å². The summed E-state index contributed by atoms with van der Waals surface area (Å²) in [5, 5.41) is 12.7. The topological polar surface area (TPSA) is 80.0 Å². The number of phenolic OH excluding ortho intramolecular Hbond substituents is 1. The number of aromatic nitrogens is 3. The summed E-state index contributed by atoms with van der Waals surface area (Å²) < 4.78 is 1.88. The van der Waals surface area contributed by atoms with Gasteiger partial charge in [-0.2, -0.15) is 0 Å². The summed E-state index contributed by atoms with van der Waals surface area (Å²) in [5.41, 5.74) is 1.00. The predicted octanol–water partition coefficient (Wildman–Crippen LogP) is 4.12. The maximum Gasteiger partial charge on any atom is 0.257 e. The van der Waals surface area contributed by atoms with Crippen molar-refractivity contribution in [2.45, 2.75) is 6.92 Å². The Hall–Kier alpha value is -2.09. The molecule has 0 aliphatic carbocycles. The molecule has 124 valence electrons. The lowest BCUT2D eigenvalue weighted by Gasteiger charge is -2.05. The van der Waals surface area contributed by atoms with Crippen molar-refractivity contribution < 1.29 is 9.90 Å². The Kier molecular flexibility index (Phi) is 4.49. The first-order valence-electron chi connectivity index (χ1n) is 6.81. The molecule has 0 atom stereocenters. The average molecular weight is 383 g/mol. The fourth-order valence-electron chi connectivity index (χ4n) is 2.11. The van der Waals surface area contributed by atoms with Gasteiger partial charge in [-0.15, -0.1) is 0 Å². The van der Waals surface area contributed by atoms with E-state index in [1.807, 2.05) is 24.7 Å². The number of nitrogens with one attached hydrogen (secondary N) is 1. The quantitative estimate of drug-likeness (QED) is 0.713. The van der Waals surface area contributed by atoms with Gasteiger partial charge in [0.2, 0.25) is 0 Å². The summed E-state index contributed by atoms with van der Waals surface area (Å²) in [7, 11) is 1.89. The average Bonchev–Trinajstić information content (AvgIpc) is 3.09. The van der Waals surface area contributed by atoms with E-state index >= 15 is 0 Å². The van der Waals surface area contributed by atoms with Crippen molar-refractivity contribution in [2.75, 3.05) is 5.32 Å². The number of aromatic hydroxyl groups is 1. The second-order valence-electron chi connectivity index (χ2n) is 5.04. The third-order valence-corrected chi connectivity index (χ3v) is 4.97. The van der Waals surface area contributed by atoms with Gasteiger partial charge in [0.15, 0.2) is 16.7 Å². The van der Waals surface area contributed by atoms with E-state index in [0.717, 1.165) is 16.4 Å². The third kappa shape index (κ3) is 3.10. The number of thiazole rings is 1. The Morgan fingerprint density at radius 1 is 1.33 bits per heavy atom. The van der Waals surface area contributed by atoms with Crippen LogP contribution in [0.2, 0.25) is 10.0 Å². The van der Waals surface area contributed by atoms with Crippen LogP contribution in [-0.4, -0.2) is 25.5 Å². The van der Waals surface area contributed by atoms with E-state index in [1.165, 1.54) is 23.5 Å². The summed E-state index contributed by atoms with van der Waals surface area (Å²) >= 11 is 13.0. The van der Waals surface area contributed by atoms with Crippen LogP contribution in [0.4, 0.5) is 5.13 Å². The summed E-state index contributed by atoms with van der Waals surface area (Å²) in [6.45, 7) is 1.85. The number of anilines is 1. The summed E-state index contributed by atoms with van der Waals surface area (Å²) in [4.78, 5) is 21.9. The minimum absolute atomic E-state index is 0.0108. The lowest BCUT2D eigenvalue weighted by atomic mass is 10.2. The van der Waals surface area contributed by atoms with Crippen molar-refractivity contribution in [1.29, 1.82) is 0 Å². The first-order chi connectivity index (χ1) is 11.4. The Morgan fingerprint density at radius 2 is 2.00 bits per heavy atom. The Labute approximate surface area is 151 Å². The number of benzene rings is 1. The molecule has 1 aromatic carbocycles. The molecule has 1 amide bonds. The molecule has 3 rings (SSSR count). The van der Waals surface area contributed by atoms with Gasteiger partial charge in [-0.05, 0) is 19.1 Å². The van der Waals surface area contributed by atoms with Crippen molar-refractivity contribution in [3.8, 4) is 16.5 Å². The number of halogens is 2. The van der Waals surface area contributed by atoms with Gasteiger partial charge in [0.1, 0.15) is 0 Å². The number of amides is 1. The van der Waals surface area contributed by atoms with Gasteiger partial charge in [-0.25, -0.2) is 9.97 Å². The number of nitrogens with zero attached hydrogens (tertiary/aromatic N) is 3. The fourth-order valence-corrected chi connectivity index (χ4v) is 3.60. The predicted molar refractivity (Wildman–Crippen MR) is 95.1 cm³/mol. The molecule has 0 aliphatic heterocycles. The highest BCUT2D eigenvalue weighted by Crippen LogP contribution is 2.34. The molecule has 0 radical (unpaired) electrons. The molecule has 2 aromatic heterocycles. The lowest BCUT2D eigenvalue weighted by molar-refractivity contribution is 0.102. The number of carbonyl (C=O) groups is 1. The number of hydrogen-bond acceptors (Lipinski definition) is 5. The summed E-state index contributed by atoms with van der Waals surface area (Å²) in [6.07, 6.45) is 3.54. The number of phenols is 1. The molecule has 2 heterocycles. The molecule has 0 aliphatic rings. The van der Waals surface area contributed by atoms with Crippen LogP contribution in [0.5, 0.6) is 5.75 Å². The molecule has 24 heavy (non-hydrogen) atoms. The first-order valence-corrected chi connectivity index (χ1v) is 8.38. The lowest BCUT2D eigenvalue weighted by Crippen LogP contribution is -2.11. The minimum atomic E-state index is -0.418. The van der Waals surface area contributed by atoms with Crippen LogP contribution in [0, 0.1) is 6.92 Å². The Morgan fingerprint density at radius 3 is 2.58 bits per heavy atom. The van der Waals surface area contributed by atoms with E-state index in [-0.39, 0.29) is 21.4 Å². The molecule has 2 N–H and O–H groups in total. The van der Waals surface area contributed by atoms with Crippen LogP contribution in [0.1, 0.15) is 16.1 Å². The zero-order chi connectivity index (χ0) is 17.4. The molecule has 0 saturated heterocycles. The monoisotopic (exact) mass is 382 g/mol. The van der Waals surface area contributed by atoms with Crippen LogP contribution >= 0.6 is 34.5 Å². The smallest absolute Gasteiger partial charge is 0.257 e. The zero-order valence-electron chi connectivity index (χ0n) is 12.7. The van der Waals surface area contributed by atoms with Crippen LogP contribution in [-0.2, 0) is 7.05 Å². The molecular weight excluding hydrogens is 371 g/mol. The number of aryl methyl sites for hydroxylation is 2. The summed E-state index contributed by atoms with van der Waals surface area (Å²) in [5.74, 6) is 0.109. The molecule has 6 nitrogen and oxygen atoms in total. The second-order valence-corrected chi connectivity index (χ2v) is 6.85. The van der Waals surface area contributed by atoms with Crippen LogP contribution in [0.25, 0.3) is 10.7 Å². The standard InChI is InChI=1S/C15H12Cl2N4O2S/c1-7-12(13-18-3-4-21(13)2)24-15(19-7)20-14(23)8-5-9(16)11(22)10(17)6-8/h3-6,22H,1-2H3,(H,19,20,23). The molecule has 0 fully saturated rings. The molecule has 9 heteroatoms. The van der Waals surface area contributed by atoms with E-state index in [0.29, 0.717) is 5.13 Å². The largest absolute Gasteiger partial charge is 0.505 e. The van der Waals surface area contributed by atoms with E-state index in [1.54, 1.807) is 6.20 Å². The number of rotatable bonds is 3. The molecule has 0 saturated carbocycles. The minimum Gasteiger partial charge on any atom is -0.505 e. The zero-order valence-corrected chi connectivity index (χ0v) is 15.0. The van der Waals surface area contributed by atoms with Gasteiger partial charge in [-0.1, -0.05) is 34.5 Å². The van der Waals surface area contributed by atoms with Crippen molar-refractivity contribution in [3.63, 3.8) is 0 Å². The van der Waals surface area contributed by atoms with Crippen molar-refractivity contribution in [2.24, 2.45) is 7.05 Å². The summed E-state index contributed by atoms with van der Waals surface area (Å²) in [6, 6.07) is 2.69. The number of imidazole rings is 1. The number of hydrogen-bond donors (Lipinski definition) is 2. The van der Waals surface area contributed by atoms with Crippen LogP contribution in [0.15, 0.2) is 24.5 Å². The normalized spacial score (nSPS) is 10.8. The van der Waals surface area contributed by atoms with E-state index in [2.05, 4.69) is 15.3 Å². The molecular formula is C15H12Cl2N4O2S. The van der Waals surface area contributed by atoms with E-state index in [4.69, 9.17) is 23.2 Å². The van der Waals surface area contributed by atoms with Crippen molar-refractivity contribution >= 4 is 45.6 Å². The van der Waals surface area contributed by atoms with Gasteiger partial charge in [0, 0.05) is 25.0 Å². The van der Waals surface area contributed by atoms with Crippen LogP contribution < -0.4 is 5.32 Å². The van der Waals surface area contributed by atoms with Gasteiger partial charge >= 0.3 is 0 Å². The first kappa shape index (κ1) is 16.8. The van der Waals surface area contributed by atoms with Crippen molar-refractivity contribution in [3.05, 3.63) is 45.8 Å². The van der Waals surface area contributed by atoms with E-state index < -0.39 is 5.91 Å².